The Kier molecular flexibility index (Phi) is 4.58. The molecule has 6 atom stereocenters. The van der Waals surface area contributed by atoms with Crippen molar-refractivity contribution in [2.75, 3.05) is 0 Å². The molecular formula is C24H36N2O5. The molecule has 5 aliphatic carbocycles. The minimum Gasteiger partial charge on any atom is -0.444 e. The first-order chi connectivity index (χ1) is 14.4. The number of fused-ring (bicyclic) bond motifs is 1. The number of likely N-dealkylation sites (tertiary alicyclic amines) is 1. The number of hydrogen-bond acceptors (Lipinski definition) is 5. The number of ether oxygens (including phenoxy) is 1. The van der Waals surface area contributed by atoms with Crippen LogP contribution in [0.3, 0.4) is 0 Å². The van der Waals surface area contributed by atoms with E-state index in [1.54, 1.807) is 32.6 Å². The molecule has 172 valence electrons. The standard InChI is InChI=1S/C24H36N2O5/c1-13(27)17-6-16-7-18(16)26(17)20(28)19(25-21(29)31-22(2,3)4)23-8-14-5-15(9-23)11-24(30,10-14)12-23/h14-19,30H,5-12H2,1-4H3,(H,25,29)/t14?,15?,16-,17+,18+,19?,23?,24?/m1/s1. The van der Waals surface area contributed by atoms with Crippen LogP contribution in [0.25, 0.3) is 0 Å². The van der Waals surface area contributed by atoms with Crippen LogP contribution in [0.5, 0.6) is 0 Å². The summed E-state index contributed by atoms with van der Waals surface area (Å²) in [6, 6.07) is -1.04. The van der Waals surface area contributed by atoms with Gasteiger partial charge in [-0.05, 0) is 96.8 Å². The van der Waals surface area contributed by atoms with Crippen molar-refractivity contribution in [2.45, 2.75) is 108 Å². The molecule has 0 radical (unpaired) electrons. The molecule has 5 saturated carbocycles. The second kappa shape index (κ2) is 6.69. The fraction of sp³-hybridized carbons (Fsp3) is 0.875. The zero-order valence-corrected chi connectivity index (χ0v) is 19.1. The SMILES string of the molecule is CC(=O)[C@@H]1C[C@@H]2C[C@@H]2N1C(=O)C(NC(=O)OC(C)(C)C)C12CC3CC(CC(O)(C3)C1)C2. The first kappa shape index (κ1) is 21.2. The maximum Gasteiger partial charge on any atom is 0.408 e. The summed E-state index contributed by atoms with van der Waals surface area (Å²) < 4.78 is 5.53. The Balaban J connectivity index is 1.47. The third kappa shape index (κ3) is 3.66. The molecule has 1 aliphatic heterocycles. The zero-order valence-electron chi connectivity index (χ0n) is 19.1. The van der Waals surface area contributed by atoms with Gasteiger partial charge in [0.05, 0.1) is 11.6 Å². The maximum atomic E-state index is 14.0. The number of nitrogens with one attached hydrogen (secondary N) is 1. The van der Waals surface area contributed by atoms with Crippen LogP contribution in [0.4, 0.5) is 4.79 Å². The minimum absolute atomic E-state index is 0.0145. The van der Waals surface area contributed by atoms with E-state index in [-0.39, 0.29) is 17.7 Å². The number of Topliss-reactive ketones (excluding diaryl/α,β-unsaturated/α-hetero) is 1. The number of amides is 2. The van der Waals surface area contributed by atoms with Gasteiger partial charge in [-0.3, -0.25) is 9.59 Å². The lowest BCUT2D eigenvalue weighted by molar-refractivity contribution is -0.181. The highest BCUT2D eigenvalue weighted by Crippen LogP contribution is 2.63. The Bertz CT molecular complexity index is 803. The number of rotatable bonds is 4. The summed E-state index contributed by atoms with van der Waals surface area (Å²) in [7, 11) is 0. The van der Waals surface area contributed by atoms with E-state index in [4.69, 9.17) is 4.74 Å². The number of aliphatic hydroxyl groups is 1. The van der Waals surface area contributed by atoms with Crippen LogP contribution in [-0.2, 0) is 14.3 Å². The van der Waals surface area contributed by atoms with E-state index >= 15 is 0 Å². The Hall–Kier alpha value is -1.63. The number of piperidine rings is 1. The predicted molar refractivity (Wildman–Crippen MR) is 113 cm³/mol. The van der Waals surface area contributed by atoms with Gasteiger partial charge in [0, 0.05) is 11.5 Å². The maximum absolute atomic E-state index is 14.0. The molecule has 1 saturated heterocycles. The van der Waals surface area contributed by atoms with E-state index < -0.39 is 34.8 Å². The number of nitrogens with zero attached hydrogens (tertiary/aromatic N) is 1. The lowest BCUT2D eigenvalue weighted by atomic mass is 9.46. The fourth-order valence-electron chi connectivity index (χ4n) is 7.81. The van der Waals surface area contributed by atoms with Gasteiger partial charge in [0.2, 0.25) is 5.91 Å². The Labute approximate surface area is 184 Å². The molecule has 0 aromatic carbocycles. The van der Waals surface area contributed by atoms with Crippen LogP contribution in [0, 0.1) is 23.2 Å². The topological polar surface area (TPSA) is 95.9 Å². The normalized spacial score (nSPS) is 43.4. The van der Waals surface area contributed by atoms with Crippen molar-refractivity contribution in [1.29, 1.82) is 0 Å². The minimum atomic E-state index is -0.763. The molecule has 6 aliphatic rings. The van der Waals surface area contributed by atoms with E-state index in [2.05, 4.69) is 5.32 Å². The van der Waals surface area contributed by atoms with Crippen LogP contribution >= 0.6 is 0 Å². The van der Waals surface area contributed by atoms with Crippen molar-refractivity contribution in [3.05, 3.63) is 0 Å². The molecule has 6 rings (SSSR count). The monoisotopic (exact) mass is 432 g/mol. The fourth-order valence-corrected chi connectivity index (χ4v) is 7.81. The molecule has 31 heavy (non-hydrogen) atoms. The van der Waals surface area contributed by atoms with Crippen LogP contribution in [0.2, 0.25) is 0 Å². The van der Waals surface area contributed by atoms with Gasteiger partial charge in [-0.25, -0.2) is 4.79 Å². The smallest absolute Gasteiger partial charge is 0.408 e. The van der Waals surface area contributed by atoms with E-state index in [0.29, 0.717) is 24.2 Å². The number of carbonyl (C=O) groups is 3. The van der Waals surface area contributed by atoms with Gasteiger partial charge >= 0.3 is 6.09 Å². The highest BCUT2D eigenvalue weighted by molar-refractivity contribution is 5.93. The molecule has 0 spiro atoms. The summed E-state index contributed by atoms with van der Waals surface area (Å²) >= 11 is 0. The molecule has 2 N–H and O–H groups in total. The van der Waals surface area contributed by atoms with Crippen LogP contribution in [0.15, 0.2) is 0 Å². The lowest BCUT2D eigenvalue weighted by Gasteiger charge is -2.62. The van der Waals surface area contributed by atoms with Crippen molar-refractivity contribution >= 4 is 17.8 Å². The van der Waals surface area contributed by atoms with Gasteiger partial charge in [-0.2, -0.15) is 0 Å². The first-order valence-electron chi connectivity index (χ1n) is 11.9. The molecular weight excluding hydrogens is 396 g/mol. The second-order valence-electron chi connectivity index (χ2n) is 12.3. The molecule has 2 amide bonds. The van der Waals surface area contributed by atoms with E-state index in [9.17, 15) is 19.5 Å². The van der Waals surface area contributed by atoms with Crippen LogP contribution < -0.4 is 5.32 Å². The summed E-state index contributed by atoms with van der Waals surface area (Å²) in [5.41, 5.74) is -1.89. The molecule has 6 fully saturated rings. The van der Waals surface area contributed by atoms with Crippen molar-refractivity contribution in [3.8, 4) is 0 Å². The molecule has 4 bridgehead atoms. The predicted octanol–water partition coefficient (Wildman–Crippen LogP) is 2.79. The van der Waals surface area contributed by atoms with Crippen molar-refractivity contribution in [3.63, 3.8) is 0 Å². The quantitative estimate of drug-likeness (QED) is 0.712. The van der Waals surface area contributed by atoms with E-state index in [1.807, 2.05) is 0 Å². The number of ketones is 1. The summed E-state index contributed by atoms with van der Waals surface area (Å²) in [6.07, 6.45) is 5.97. The molecule has 3 unspecified atom stereocenters. The summed E-state index contributed by atoms with van der Waals surface area (Å²) in [5.74, 6) is 1.04. The number of hydrogen-bond donors (Lipinski definition) is 2. The number of alkyl carbamates (subject to hydrolysis) is 1. The van der Waals surface area contributed by atoms with E-state index in [0.717, 1.165) is 44.9 Å². The summed E-state index contributed by atoms with van der Waals surface area (Å²) in [6.45, 7) is 6.97. The molecule has 0 aromatic rings. The summed E-state index contributed by atoms with van der Waals surface area (Å²) in [5, 5.41) is 14.2. The third-order valence-electron chi connectivity index (χ3n) is 8.42. The van der Waals surface area contributed by atoms with Gasteiger partial charge in [0.15, 0.2) is 5.78 Å². The Morgan fingerprint density at radius 3 is 2.26 bits per heavy atom. The Morgan fingerprint density at radius 2 is 1.71 bits per heavy atom. The first-order valence-corrected chi connectivity index (χ1v) is 11.9. The van der Waals surface area contributed by atoms with E-state index in [1.165, 1.54) is 0 Å². The highest BCUT2D eigenvalue weighted by atomic mass is 16.6. The van der Waals surface area contributed by atoms with Gasteiger partial charge in [0.25, 0.3) is 0 Å². The van der Waals surface area contributed by atoms with Gasteiger partial charge in [-0.1, -0.05) is 0 Å². The van der Waals surface area contributed by atoms with Gasteiger partial charge in [-0.15, -0.1) is 0 Å². The molecule has 0 aromatic heterocycles. The van der Waals surface area contributed by atoms with Crippen LogP contribution in [0.1, 0.15) is 79.1 Å². The molecule has 7 heteroatoms. The highest BCUT2D eigenvalue weighted by Gasteiger charge is 2.64. The Morgan fingerprint density at radius 1 is 1.06 bits per heavy atom. The van der Waals surface area contributed by atoms with Crippen molar-refractivity contribution in [2.24, 2.45) is 23.2 Å². The van der Waals surface area contributed by atoms with Gasteiger partial charge in [0.1, 0.15) is 11.6 Å². The van der Waals surface area contributed by atoms with Crippen LogP contribution in [-0.4, -0.2) is 57.1 Å². The van der Waals surface area contributed by atoms with Crippen molar-refractivity contribution in [1.82, 2.24) is 10.2 Å². The zero-order chi connectivity index (χ0) is 22.3. The van der Waals surface area contributed by atoms with Crippen molar-refractivity contribution < 1.29 is 24.2 Å². The van der Waals surface area contributed by atoms with Gasteiger partial charge < -0.3 is 20.1 Å². The second-order valence-corrected chi connectivity index (χ2v) is 12.3. The average molecular weight is 433 g/mol. The lowest BCUT2D eigenvalue weighted by Crippen LogP contribution is -2.67. The largest absolute Gasteiger partial charge is 0.444 e. The number of carbonyl (C=O) groups excluding carboxylic acids is 3. The molecule has 1 heterocycles. The average Bonchev–Trinajstić information content (AvgIpc) is 3.25. The summed E-state index contributed by atoms with van der Waals surface area (Å²) in [4.78, 5) is 41.0. The third-order valence-corrected chi connectivity index (χ3v) is 8.42. The molecule has 7 nitrogen and oxygen atoms in total.